The highest BCUT2D eigenvalue weighted by molar-refractivity contribution is 5.91. The van der Waals surface area contributed by atoms with Crippen LogP contribution in [0.1, 0.15) is 91.3 Å². The van der Waals surface area contributed by atoms with Crippen LogP contribution in [0.15, 0.2) is 47.9 Å². The van der Waals surface area contributed by atoms with Crippen LogP contribution in [0.5, 0.6) is 6.01 Å². The minimum atomic E-state index is -1.00. The molecule has 0 radical (unpaired) electrons. The minimum Gasteiger partial charge on any atom is -0.462 e. The SMILES string of the molecule is C=C/C=C1\C(=C(C)C)CCC12CCc1c(N3CCN(C(=O)C(=C)F)C(CC#N)C3)nc(OCC3CCCN3C)nc1C2(C)C.CC. The summed E-state index contributed by atoms with van der Waals surface area (Å²) in [5, 5.41) is 9.57. The molecule has 2 aliphatic heterocycles. The van der Waals surface area contributed by atoms with E-state index >= 15 is 0 Å². The third kappa shape index (κ3) is 6.38. The molecular weight excluding hydrogens is 579 g/mol. The standard InChI is InChI=1S/C35H47FN6O2.C2H6/c1-8-10-29-27(23(2)3)12-15-35(29)16-13-28-30(34(35,5)6)38-33(44-22-26-11-9-18-40(26)7)39-31(28)41-19-20-42(32(43)24(4)36)25(21-41)14-17-37;1-2/h8,10,25-26H,1,4,9,11-16,18-22H2,2-3,5-7H3;1-2H3/b29-10+;. The number of likely N-dealkylation sites (N-methyl/N-ethyl adjacent to an activating group) is 1. The summed E-state index contributed by atoms with van der Waals surface area (Å²) in [6.07, 6.45) is 10.3. The van der Waals surface area contributed by atoms with Crippen LogP contribution in [0.3, 0.4) is 0 Å². The van der Waals surface area contributed by atoms with E-state index in [0.29, 0.717) is 31.7 Å². The second-order valence-electron chi connectivity index (χ2n) is 13.6. The largest absolute Gasteiger partial charge is 0.462 e. The van der Waals surface area contributed by atoms with Gasteiger partial charge in [-0.3, -0.25) is 4.79 Å². The van der Waals surface area contributed by atoms with Crippen LogP contribution < -0.4 is 9.64 Å². The van der Waals surface area contributed by atoms with Crippen molar-refractivity contribution in [1.29, 1.82) is 5.26 Å². The van der Waals surface area contributed by atoms with Gasteiger partial charge in [0, 0.05) is 42.1 Å². The molecule has 1 spiro atoms. The van der Waals surface area contributed by atoms with Gasteiger partial charge in [0.05, 0.1) is 24.2 Å². The van der Waals surface area contributed by atoms with E-state index in [4.69, 9.17) is 14.7 Å². The van der Waals surface area contributed by atoms with Gasteiger partial charge in [0.15, 0.2) is 5.83 Å². The number of carbonyl (C=O) groups is 1. The predicted molar refractivity (Wildman–Crippen MR) is 182 cm³/mol. The lowest BCUT2D eigenvalue weighted by Gasteiger charge is -2.50. The number of carbonyl (C=O) groups excluding carboxylic acids is 1. The average Bonchev–Trinajstić information content (AvgIpc) is 3.62. The highest BCUT2D eigenvalue weighted by Gasteiger charge is 2.56. The van der Waals surface area contributed by atoms with Crippen LogP contribution in [0.4, 0.5) is 10.2 Å². The fraction of sp³-hybridized carbons (Fsp3) is 0.622. The highest BCUT2D eigenvalue weighted by Crippen LogP contribution is 2.63. The van der Waals surface area contributed by atoms with Crippen LogP contribution in [0.2, 0.25) is 0 Å². The minimum absolute atomic E-state index is 0.0932. The summed E-state index contributed by atoms with van der Waals surface area (Å²) in [7, 11) is 2.13. The summed E-state index contributed by atoms with van der Waals surface area (Å²) in [6, 6.07) is 2.39. The number of halogens is 1. The summed E-state index contributed by atoms with van der Waals surface area (Å²) in [5.41, 5.74) is 5.79. The van der Waals surface area contributed by atoms with Crippen molar-refractivity contribution < 1.29 is 13.9 Å². The number of ether oxygens (including phenoxy) is 1. The van der Waals surface area contributed by atoms with Gasteiger partial charge in [0.2, 0.25) is 0 Å². The third-order valence-electron chi connectivity index (χ3n) is 10.8. The molecule has 1 aromatic rings. The molecule has 2 saturated heterocycles. The Balaban J connectivity index is 0.00000235. The van der Waals surface area contributed by atoms with Crippen molar-refractivity contribution in [2.75, 3.05) is 44.7 Å². The van der Waals surface area contributed by atoms with Gasteiger partial charge in [0.25, 0.3) is 5.91 Å². The predicted octanol–water partition coefficient (Wildman–Crippen LogP) is 6.84. The first-order valence-corrected chi connectivity index (χ1v) is 17.0. The van der Waals surface area contributed by atoms with Crippen molar-refractivity contribution in [3.05, 3.63) is 59.1 Å². The molecule has 3 fully saturated rings. The molecule has 3 unspecified atom stereocenters. The number of nitriles is 1. The van der Waals surface area contributed by atoms with E-state index < -0.39 is 17.8 Å². The van der Waals surface area contributed by atoms with E-state index in [1.165, 1.54) is 21.6 Å². The molecule has 9 heteroatoms. The smallest absolute Gasteiger partial charge is 0.318 e. The van der Waals surface area contributed by atoms with Gasteiger partial charge in [-0.15, -0.1) is 0 Å². The maximum atomic E-state index is 13.9. The number of piperazine rings is 1. The van der Waals surface area contributed by atoms with Crippen LogP contribution in [-0.2, 0) is 16.6 Å². The zero-order valence-electron chi connectivity index (χ0n) is 29.1. The maximum Gasteiger partial charge on any atom is 0.318 e. The lowest BCUT2D eigenvalue weighted by atomic mass is 9.54. The molecule has 2 aliphatic carbocycles. The number of anilines is 1. The van der Waals surface area contributed by atoms with Crippen LogP contribution in [-0.4, -0.2) is 77.6 Å². The quantitative estimate of drug-likeness (QED) is 0.304. The fourth-order valence-electron chi connectivity index (χ4n) is 8.22. The van der Waals surface area contributed by atoms with Gasteiger partial charge in [-0.2, -0.15) is 15.2 Å². The average molecular weight is 633 g/mol. The summed E-state index contributed by atoms with van der Waals surface area (Å²) >= 11 is 0. The Labute approximate surface area is 275 Å². The van der Waals surface area contributed by atoms with Gasteiger partial charge in [-0.05, 0) is 77.1 Å². The molecule has 4 aliphatic rings. The molecule has 46 heavy (non-hydrogen) atoms. The topological polar surface area (TPSA) is 85.6 Å². The lowest BCUT2D eigenvalue weighted by Crippen LogP contribution is -2.56. The number of fused-ring (bicyclic) bond motifs is 1. The Morgan fingerprint density at radius 3 is 2.48 bits per heavy atom. The van der Waals surface area contributed by atoms with Crippen molar-refractivity contribution in [2.45, 2.75) is 104 Å². The maximum absolute atomic E-state index is 13.9. The van der Waals surface area contributed by atoms with Crippen molar-refractivity contribution in [3.63, 3.8) is 0 Å². The molecule has 3 heterocycles. The molecule has 8 nitrogen and oxygen atoms in total. The second-order valence-corrected chi connectivity index (χ2v) is 13.6. The molecule has 1 amide bonds. The van der Waals surface area contributed by atoms with Gasteiger partial charge in [-0.25, -0.2) is 4.39 Å². The number of hydrogen-bond donors (Lipinski definition) is 0. The Bertz CT molecular complexity index is 1440. The molecule has 0 aromatic carbocycles. The first-order chi connectivity index (χ1) is 21.9. The zero-order valence-corrected chi connectivity index (χ0v) is 29.1. The zero-order chi connectivity index (χ0) is 33.8. The molecular formula is C37H53FN6O2. The Hall–Kier alpha value is -3.51. The Morgan fingerprint density at radius 1 is 1.15 bits per heavy atom. The first-order valence-electron chi connectivity index (χ1n) is 17.0. The van der Waals surface area contributed by atoms with Crippen LogP contribution in [0, 0.1) is 16.7 Å². The van der Waals surface area contributed by atoms with Gasteiger partial charge in [-0.1, -0.05) is 58.6 Å². The number of aromatic nitrogens is 2. The summed E-state index contributed by atoms with van der Waals surface area (Å²) < 4.78 is 20.3. The van der Waals surface area contributed by atoms with E-state index in [0.717, 1.165) is 62.1 Å². The van der Waals surface area contributed by atoms with Crippen molar-refractivity contribution >= 4 is 11.7 Å². The monoisotopic (exact) mass is 632 g/mol. The Kier molecular flexibility index (Phi) is 11.1. The molecule has 3 atom stereocenters. The number of hydrogen-bond acceptors (Lipinski definition) is 7. The normalized spacial score (nSPS) is 26.3. The number of allylic oxidation sites excluding steroid dienone is 5. The summed E-state index contributed by atoms with van der Waals surface area (Å²) in [4.78, 5) is 28.7. The Morgan fingerprint density at radius 2 is 1.87 bits per heavy atom. The van der Waals surface area contributed by atoms with E-state index in [2.05, 4.69) is 69.8 Å². The molecule has 250 valence electrons. The van der Waals surface area contributed by atoms with E-state index in [9.17, 15) is 14.4 Å². The number of amides is 1. The van der Waals surface area contributed by atoms with E-state index in [1.807, 2.05) is 19.9 Å². The van der Waals surface area contributed by atoms with Gasteiger partial charge < -0.3 is 19.4 Å². The van der Waals surface area contributed by atoms with Gasteiger partial charge >= 0.3 is 6.01 Å². The molecule has 5 rings (SSSR count). The second kappa shape index (κ2) is 14.5. The summed E-state index contributed by atoms with van der Waals surface area (Å²) in [6.45, 7) is 23.0. The fourth-order valence-corrected chi connectivity index (χ4v) is 8.22. The van der Waals surface area contributed by atoms with E-state index in [-0.39, 0.29) is 23.8 Å². The van der Waals surface area contributed by atoms with E-state index in [1.54, 1.807) is 0 Å². The van der Waals surface area contributed by atoms with Crippen LogP contribution >= 0.6 is 0 Å². The molecule has 1 aromatic heterocycles. The first kappa shape index (κ1) is 35.3. The van der Waals surface area contributed by atoms with Crippen molar-refractivity contribution in [3.8, 4) is 12.1 Å². The van der Waals surface area contributed by atoms with Crippen molar-refractivity contribution in [1.82, 2.24) is 19.8 Å². The number of rotatable bonds is 7. The molecule has 1 saturated carbocycles. The van der Waals surface area contributed by atoms with Gasteiger partial charge in [0.1, 0.15) is 12.4 Å². The number of likely N-dealkylation sites (tertiary alicyclic amines) is 1. The lowest BCUT2D eigenvalue weighted by molar-refractivity contribution is -0.131. The van der Waals surface area contributed by atoms with Crippen molar-refractivity contribution in [2.24, 2.45) is 5.41 Å². The third-order valence-corrected chi connectivity index (χ3v) is 10.8. The molecule has 0 bridgehead atoms. The van der Waals surface area contributed by atoms with Crippen LogP contribution in [0.25, 0.3) is 0 Å². The summed E-state index contributed by atoms with van der Waals surface area (Å²) in [5.74, 6) is -0.951. The number of nitrogens with zero attached hydrogens (tertiary/aromatic N) is 6. The highest BCUT2D eigenvalue weighted by atomic mass is 19.1. The molecule has 0 N–H and O–H groups in total.